The average Bonchev–Trinajstić information content (AvgIpc) is 3.16. The Bertz CT molecular complexity index is 555. The second-order valence-corrected chi connectivity index (χ2v) is 6.17. The summed E-state index contributed by atoms with van der Waals surface area (Å²) in [5.41, 5.74) is 0. The van der Waals surface area contributed by atoms with E-state index < -0.39 is 0 Å². The maximum atomic E-state index is 6.00. The van der Waals surface area contributed by atoms with Crippen LogP contribution >= 0.6 is 11.6 Å². The number of ether oxygens (including phenoxy) is 2. The van der Waals surface area contributed by atoms with Gasteiger partial charge in [0.2, 0.25) is 5.88 Å². The number of nitrogens with one attached hydrogen (secondary N) is 2. The molecule has 2 aliphatic heterocycles. The smallest absolute Gasteiger partial charge is 0.232 e. The molecule has 0 saturated carbocycles. The van der Waals surface area contributed by atoms with Crippen molar-refractivity contribution in [2.45, 2.75) is 44.4 Å². The highest BCUT2D eigenvalue weighted by Crippen LogP contribution is 2.34. The number of pyridine rings is 1. The van der Waals surface area contributed by atoms with Crippen LogP contribution in [0.25, 0.3) is 0 Å². The molecule has 2 saturated heterocycles. The van der Waals surface area contributed by atoms with Gasteiger partial charge in [-0.2, -0.15) is 0 Å². The standard InChI is InChI=1S/C16H23ClN4O2/c1-2-18-16(21-13-10-11-5-6-14(13)23-11)20-8-9-22-15-12(17)4-3-7-19-15/h3-4,7,11,13-14H,2,5-6,8-10H2,1H3,(H2,18,20,21). The Kier molecular flexibility index (Phi) is 5.56. The lowest BCUT2D eigenvalue weighted by Crippen LogP contribution is -2.47. The van der Waals surface area contributed by atoms with Gasteiger partial charge >= 0.3 is 0 Å². The first-order chi connectivity index (χ1) is 11.3. The minimum Gasteiger partial charge on any atom is -0.475 e. The molecule has 2 N–H and O–H groups in total. The molecule has 3 atom stereocenters. The van der Waals surface area contributed by atoms with Gasteiger partial charge in [-0.25, -0.2) is 9.98 Å². The van der Waals surface area contributed by atoms with Crippen LogP contribution in [0.1, 0.15) is 26.2 Å². The van der Waals surface area contributed by atoms with Crippen molar-refractivity contribution in [3.63, 3.8) is 0 Å². The fourth-order valence-corrected chi connectivity index (χ4v) is 3.24. The normalized spacial score (nSPS) is 26.3. The van der Waals surface area contributed by atoms with Crippen LogP contribution < -0.4 is 15.4 Å². The number of nitrogens with zero attached hydrogens (tertiary/aromatic N) is 2. The molecule has 23 heavy (non-hydrogen) atoms. The van der Waals surface area contributed by atoms with Gasteiger partial charge in [0.1, 0.15) is 11.6 Å². The summed E-state index contributed by atoms with van der Waals surface area (Å²) < 4.78 is 11.4. The van der Waals surface area contributed by atoms with E-state index in [-0.39, 0.29) is 0 Å². The number of fused-ring (bicyclic) bond motifs is 2. The molecule has 1 aromatic heterocycles. The third-order valence-electron chi connectivity index (χ3n) is 4.10. The molecule has 3 heterocycles. The van der Waals surface area contributed by atoms with E-state index in [0.29, 0.717) is 42.3 Å². The summed E-state index contributed by atoms with van der Waals surface area (Å²) >= 11 is 6.00. The molecule has 3 unspecified atom stereocenters. The van der Waals surface area contributed by atoms with Gasteiger partial charge in [-0.05, 0) is 38.3 Å². The average molecular weight is 339 g/mol. The maximum Gasteiger partial charge on any atom is 0.232 e. The van der Waals surface area contributed by atoms with E-state index in [9.17, 15) is 0 Å². The quantitative estimate of drug-likeness (QED) is 0.471. The topological polar surface area (TPSA) is 67.8 Å². The van der Waals surface area contributed by atoms with Gasteiger partial charge in [-0.1, -0.05) is 11.6 Å². The first kappa shape index (κ1) is 16.3. The Labute approximate surface area is 141 Å². The van der Waals surface area contributed by atoms with Crippen molar-refractivity contribution in [1.82, 2.24) is 15.6 Å². The number of rotatable bonds is 6. The first-order valence-electron chi connectivity index (χ1n) is 8.20. The zero-order valence-corrected chi connectivity index (χ0v) is 14.1. The Balaban J connectivity index is 1.48. The number of guanidine groups is 1. The Hall–Kier alpha value is -1.53. The fourth-order valence-electron chi connectivity index (χ4n) is 3.06. The molecule has 0 radical (unpaired) electrons. The van der Waals surface area contributed by atoms with Crippen LogP contribution in [0.4, 0.5) is 0 Å². The van der Waals surface area contributed by atoms with Gasteiger partial charge in [0.05, 0.1) is 24.8 Å². The van der Waals surface area contributed by atoms with E-state index in [2.05, 4.69) is 27.5 Å². The highest BCUT2D eigenvalue weighted by Gasteiger charge is 2.41. The largest absolute Gasteiger partial charge is 0.475 e. The lowest BCUT2D eigenvalue weighted by molar-refractivity contribution is 0.0992. The maximum absolute atomic E-state index is 6.00. The van der Waals surface area contributed by atoms with E-state index in [1.807, 2.05) is 0 Å². The Morgan fingerprint density at radius 3 is 3.13 bits per heavy atom. The van der Waals surface area contributed by atoms with Gasteiger partial charge in [0, 0.05) is 12.7 Å². The second kappa shape index (κ2) is 7.84. The molecule has 2 fully saturated rings. The predicted molar refractivity (Wildman–Crippen MR) is 90.2 cm³/mol. The van der Waals surface area contributed by atoms with Crippen LogP contribution in [0.15, 0.2) is 23.3 Å². The summed E-state index contributed by atoms with van der Waals surface area (Å²) in [5.74, 6) is 1.26. The molecule has 126 valence electrons. The molecule has 0 aromatic carbocycles. The molecule has 1 aromatic rings. The number of hydrogen-bond donors (Lipinski definition) is 2. The van der Waals surface area contributed by atoms with Gasteiger partial charge < -0.3 is 20.1 Å². The third kappa shape index (κ3) is 4.26. The Morgan fingerprint density at radius 1 is 1.52 bits per heavy atom. The van der Waals surface area contributed by atoms with Gasteiger partial charge in [-0.3, -0.25) is 0 Å². The van der Waals surface area contributed by atoms with Crippen molar-refractivity contribution in [3.05, 3.63) is 23.4 Å². The zero-order chi connectivity index (χ0) is 16.1. The van der Waals surface area contributed by atoms with Crippen molar-refractivity contribution in [3.8, 4) is 5.88 Å². The molecule has 0 amide bonds. The van der Waals surface area contributed by atoms with Crippen molar-refractivity contribution < 1.29 is 9.47 Å². The van der Waals surface area contributed by atoms with Crippen LogP contribution in [0.5, 0.6) is 5.88 Å². The van der Waals surface area contributed by atoms with Crippen LogP contribution in [0.2, 0.25) is 5.02 Å². The van der Waals surface area contributed by atoms with Gasteiger partial charge in [-0.15, -0.1) is 0 Å². The summed E-state index contributed by atoms with van der Waals surface area (Å²) in [6.07, 6.45) is 5.81. The number of halogens is 1. The summed E-state index contributed by atoms with van der Waals surface area (Å²) in [7, 11) is 0. The van der Waals surface area contributed by atoms with Crippen LogP contribution in [0, 0.1) is 0 Å². The van der Waals surface area contributed by atoms with E-state index in [1.165, 1.54) is 6.42 Å². The zero-order valence-electron chi connectivity index (χ0n) is 13.3. The van der Waals surface area contributed by atoms with Crippen molar-refractivity contribution in [1.29, 1.82) is 0 Å². The van der Waals surface area contributed by atoms with E-state index >= 15 is 0 Å². The predicted octanol–water partition coefficient (Wildman–Crippen LogP) is 1.99. The molecule has 0 spiro atoms. The number of aliphatic imine (C=N–C) groups is 1. The minimum atomic E-state index is 0.326. The van der Waals surface area contributed by atoms with Crippen molar-refractivity contribution in [2.24, 2.45) is 4.99 Å². The highest BCUT2D eigenvalue weighted by atomic mass is 35.5. The fraction of sp³-hybridized carbons (Fsp3) is 0.625. The van der Waals surface area contributed by atoms with E-state index in [0.717, 1.165) is 25.3 Å². The van der Waals surface area contributed by atoms with Crippen LogP contribution in [-0.4, -0.2) is 48.9 Å². The van der Waals surface area contributed by atoms with E-state index in [4.69, 9.17) is 21.1 Å². The molecular formula is C16H23ClN4O2. The number of hydrogen-bond acceptors (Lipinski definition) is 4. The lowest BCUT2D eigenvalue weighted by Gasteiger charge is -2.22. The summed E-state index contributed by atoms with van der Waals surface area (Å²) in [4.78, 5) is 8.64. The minimum absolute atomic E-state index is 0.326. The van der Waals surface area contributed by atoms with Crippen LogP contribution in [0.3, 0.4) is 0 Å². The summed E-state index contributed by atoms with van der Waals surface area (Å²) in [6.45, 7) is 3.84. The van der Waals surface area contributed by atoms with Gasteiger partial charge in [0.25, 0.3) is 0 Å². The highest BCUT2D eigenvalue weighted by molar-refractivity contribution is 6.31. The van der Waals surface area contributed by atoms with Crippen molar-refractivity contribution >= 4 is 17.6 Å². The summed E-state index contributed by atoms with van der Waals surface area (Å²) in [6, 6.07) is 3.89. The second-order valence-electron chi connectivity index (χ2n) is 5.76. The molecule has 2 aliphatic rings. The van der Waals surface area contributed by atoms with Crippen molar-refractivity contribution in [2.75, 3.05) is 19.7 Å². The first-order valence-corrected chi connectivity index (χ1v) is 8.57. The molecule has 7 heteroatoms. The Morgan fingerprint density at radius 2 is 2.43 bits per heavy atom. The molecular weight excluding hydrogens is 316 g/mol. The van der Waals surface area contributed by atoms with Crippen LogP contribution in [-0.2, 0) is 4.74 Å². The number of aromatic nitrogens is 1. The monoisotopic (exact) mass is 338 g/mol. The molecule has 6 nitrogen and oxygen atoms in total. The molecule has 0 aliphatic carbocycles. The summed E-state index contributed by atoms with van der Waals surface area (Å²) in [5, 5.41) is 7.25. The van der Waals surface area contributed by atoms with Gasteiger partial charge in [0.15, 0.2) is 5.96 Å². The lowest BCUT2D eigenvalue weighted by atomic mass is 9.96. The molecule has 2 bridgehead atoms. The molecule has 3 rings (SSSR count). The SMILES string of the molecule is CCNC(=NCCOc1ncccc1Cl)NC1CC2CCC1O2. The third-order valence-corrected chi connectivity index (χ3v) is 4.38. The van der Waals surface area contributed by atoms with E-state index in [1.54, 1.807) is 18.3 Å².